The molecule has 2 rings (SSSR count). The molecule has 0 saturated carbocycles. The molecule has 14 heavy (non-hydrogen) atoms. The van der Waals surface area contributed by atoms with Gasteiger partial charge in [0.1, 0.15) is 0 Å². The molecule has 4 heteroatoms. The molecule has 3 nitrogen and oxygen atoms in total. The minimum absolute atomic E-state index is 0. The van der Waals surface area contributed by atoms with E-state index in [0.717, 1.165) is 26.1 Å². The third-order valence-electron chi connectivity index (χ3n) is 3.30. The van der Waals surface area contributed by atoms with E-state index in [2.05, 4.69) is 6.92 Å². The number of ether oxygens (including phenoxy) is 1. The van der Waals surface area contributed by atoms with Gasteiger partial charge < -0.3 is 4.74 Å². The molecule has 2 fully saturated rings. The van der Waals surface area contributed by atoms with Crippen molar-refractivity contribution >= 4 is 0 Å². The first-order valence-electron chi connectivity index (χ1n) is 5.15. The summed E-state index contributed by atoms with van der Waals surface area (Å²) < 4.78 is 5.50. The van der Waals surface area contributed by atoms with Crippen LogP contribution >= 0.6 is 0 Å². The Labute approximate surface area is 80.2 Å². The third kappa shape index (κ3) is 2.03. The zero-order valence-electron chi connectivity index (χ0n) is 8.64. The largest absolute Gasteiger partial charge is 0.549 e. The summed E-state index contributed by atoms with van der Waals surface area (Å²) in [7, 11) is 0. The van der Waals surface area contributed by atoms with E-state index in [1.807, 2.05) is 5.01 Å². The zero-order chi connectivity index (χ0) is 9.31. The second kappa shape index (κ2) is 3.95. The number of nitrogens with two attached hydrogens (primary N) is 1. The number of nitrogens with zero attached hydrogens (tertiary/aromatic N) is 1. The Bertz CT molecular complexity index is 169. The summed E-state index contributed by atoms with van der Waals surface area (Å²) in [6, 6.07) is 0. The molecule has 2 aliphatic heterocycles. The summed E-state index contributed by atoms with van der Waals surface area (Å²) in [5, 5.41) is 1.97. The molecule has 0 aromatic rings. The molecule has 0 aliphatic carbocycles. The number of hydrogen-bond acceptors (Lipinski definition) is 3. The van der Waals surface area contributed by atoms with Gasteiger partial charge in [-0.15, -0.1) is 6.42 Å². The molecular weight excluding hydrogens is 426 g/mol. The van der Waals surface area contributed by atoms with Crippen molar-refractivity contribution in [2.75, 3.05) is 19.7 Å². The van der Waals surface area contributed by atoms with Crippen LogP contribution in [-0.4, -0.2) is 24.7 Å². The minimum Gasteiger partial charge on any atom is -0.549 e. The fourth-order valence-corrected chi connectivity index (χ4v) is 2.70. The third-order valence-corrected chi connectivity index (χ3v) is 3.30. The summed E-state index contributed by atoms with van der Waals surface area (Å²) in [6.45, 7) is 5.09. The van der Waals surface area contributed by atoms with Gasteiger partial charge >= 0.3 is 0 Å². The fourth-order valence-electron chi connectivity index (χ4n) is 2.70. The average molecular weight is 445 g/mol. The average Bonchev–Trinajstić information content (AvgIpc) is 2.02. The minimum atomic E-state index is 0. The van der Waals surface area contributed by atoms with Crippen molar-refractivity contribution in [1.29, 1.82) is 0 Å². The molecule has 91 valence electrons. The van der Waals surface area contributed by atoms with E-state index >= 15 is 0 Å². The van der Waals surface area contributed by atoms with Crippen LogP contribution in [0.15, 0.2) is 0 Å². The molecule has 0 aromatic carbocycles. The van der Waals surface area contributed by atoms with Crippen LogP contribution in [0.5, 0.6) is 0 Å². The van der Waals surface area contributed by atoms with Crippen LogP contribution in [0.1, 0.15) is 32.6 Å². The first kappa shape index (κ1) is 11.0. The molecule has 0 bridgehead atoms. The molecule has 2 heterocycles. The molecule has 2 saturated heterocycles. The Kier molecular flexibility index (Phi) is 3.09. The van der Waals surface area contributed by atoms with Crippen LogP contribution < -0.4 is 5.84 Å². The SMILES string of the molecule is C[C-]1CC2(CCCN(N)C2)CCO1.[Lr]. The summed E-state index contributed by atoms with van der Waals surface area (Å²) in [6.07, 6.45) is 6.05. The van der Waals surface area contributed by atoms with Crippen LogP contribution in [0, 0.1) is 11.5 Å². The molecular formula is C10H19LrN2O-. The van der Waals surface area contributed by atoms with E-state index in [1.54, 1.807) is 0 Å². The predicted octanol–water partition coefficient (Wildman–Crippen LogP) is 1.30. The molecule has 0 amide bonds. The second-order valence-electron chi connectivity index (χ2n) is 4.55. The van der Waals surface area contributed by atoms with E-state index in [4.69, 9.17) is 10.6 Å². The van der Waals surface area contributed by atoms with Gasteiger partial charge in [-0.05, 0) is 24.7 Å². The molecule has 1 unspecified atom stereocenters. The Balaban J connectivity index is 0.000000980. The molecule has 1 atom stereocenters. The number of hydrazine groups is 1. The molecule has 1 radical (unpaired) electrons. The van der Waals surface area contributed by atoms with E-state index in [0.29, 0.717) is 5.41 Å². The summed E-state index contributed by atoms with van der Waals surface area (Å²) in [5.41, 5.74) is 0.440. The summed E-state index contributed by atoms with van der Waals surface area (Å²) in [4.78, 5) is 0. The van der Waals surface area contributed by atoms with Crippen LogP contribution in [0.25, 0.3) is 0 Å². The normalized spacial score (nSPS) is 35.6. The number of piperidine rings is 1. The van der Waals surface area contributed by atoms with Gasteiger partial charge in [-0.2, -0.15) is 13.0 Å². The van der Waals surface area contributed by atoms with Crippen molar-refractivity contribution in [2.24, 2.45) is 11.3 Å². The molecule has 2 N–H and O–H groups in total. The van der Waals surface area contributed by atoms with Gasteiger partial charge in [0.15, 0.2) is 0 Å². The van der Waals surface area contributed by atoms with Gasteiger partial charge in [-0.1, -0.05) is 0 Å². The Morgan fingerprint density at radius 2 is 2.21 bits per heavy atom. The molecule has 1 spiro atoms. The second-order valence-corrected chi connectivity index (χ2v) is 4.55. The summed E-state index contributed by atoms with van der Waals surface area (Å²) in [5.74, 6) is 5.87. The number of hydrogen-bond donors (Lipinski definition) is 1. The van der Waals surface area contributed by atoms with Gasteiger partial charge in [0, 0.05) is 19.7 Å². The van der Waals surface area contributed by atoms with Crippen LogP contribution in [0.4, 0.5) is 0 Å². The quantitative estimate of drug-likeness (QED) is 0.452. The van der Waals surface area contributed by atoms with Crippen LogP contribution in [-0.2, 0) is 4.74 Å². The smallest absolute Gasteiger partial charge is 0.0162 e. The molecule has 0 aromatic heterocycles. The Morgan fingerprint density at radius 3 is 2.86 bits per heavy atom. The zero-order valence-corrected chi connectivity index (χ0v) is 10.8. The van der Waals surface area contributed by atoms with Gasteiger partial charge in [0.25, 0.3) is 0 Å². The maximum Gasteiger partial charge on any atom is 0.0162 e. The standard InChI is InChI=1S/C10H19N2O.Lr/c1-9-7-10(4-6-13-9)3-2-5-12(11)8-10;/h2-8,11H2,1H3;/q-1;. The van der Waals surface area contributed by atoms with Crippen molar-refractivity contribution in [3.63, 3.8) is 0 Å². The predicted molar refractivity (Wildman–Crippen MR) is 51.5 cm³/mol. The van der Waals surface area contributed by atoms with Gasteiger partial charge in [-0.3, -0.25) is 5.84 Å². The van der Waals surface area contributed by atoms with E-state index in [-0.39, 0.29) is 0 Å². The maximum atomic E-state index is 5.87. The van der Waals surface area contributed by atoms with E-state index in [1.165, 1.54) is 25.4 Å². The van der Waals surface area contributed by atoms with Crippen molar-refractivity contribution < 1.29 is 4.74 Å². The van der Waals surface area contributed by atoms with Gasteiger partial charge in [0.2, 0.25) is 0 Å². The van der Waals surface area contributed by atoms with Gasteiger partial charge in [0.05, 0.1) is 0 Å². The maximum absolute atomic E-state index is 5.87. The van der Waals surface area contributed by atoms with Crippen molar-refractivity contribution in [2.45, 2.75) is 32.6 Å². The van der Waals surface area contributed by atoms with Gasteiger partial charge in [-0.25, -0.2) is 5.01 Å². The monoisotopic (exact) mass is 445 g/mol. The van der Waals surface area contributed by atoms with Crippen molar-refractivity contribution in [1.82, 2.24) is 5.01 Å². The molecule has 2 aliphatic rings. The first-order valence-corrected chi connectivity index (χ1v) is 5.15. The van der Waals surface area contributed by atoms with Crippen LogP contribution in [0.2, 0.25) is 0 Å². The fraction of sp³-hybridized carbons (Fsp3) is 0.900. The number of rotatable bonds is 0. The van der Waals surface area contributed by atoms with E-state index < -0.39 is 0 Å². The Morgan fingerprint density at radius 1 is 1.43 bits per heavy atom. The first-order chi connectivity index (χ1) is 6.20. The topological polar surface area (TPSA) is 38.5 Å². The Hall–Kier alpha value is -1.12. The van der Waals surface area contributed by atoms with Crippen LogP contribution in [0.3, 0.4) is 0 Å². The van der Waals surface area contributed by atoms with Crippen molar-refractivity contribution in [3.8, 4) is 0 Å². The van der Waals surface area contributed by atoms with Crippen molar-refractivity contribution in [3.05, 3.63) is 6.10 Å². The van der Waals surface area contributed by atoms with E-state index in [9.17, 15) is 0 Å². The summed E-state index contributed by atoms with van der Waals surface area (Å²) >= 11 is 0.